The number of nitrogens with zero attached hydrogens (tertiary/aromatic N) is 2. The highest BCUT2D eigenvalue weighted by Gasteiger charge is 2.30. The molecule has 2 aliphatic rings. The number of amides is 1. The molecule has 5 nitrogen and oxygen atoms in total. The summed E-state index contributed by atoms with van der Waals surface area (Å²) in [6.07, 6.45) is 2.44. The van der Waals surface area contributed by atoms with Gasteiger partial charge in [-0.2, -0.15) is 0 Å². The van der Waals surface area contributed by atoms with Crippen LogP contribution in [0.2, 0.25) is 0 Å². The Labute approximate surface area is 157 Å². The highest BCUT2D eigenvalue weighted by molar-refractivity contribution is 5.81. The van der Waals surface area contributed by atoms with E-state index >= 15 is 0 Å². The molecule has 1 amide bonds. The molecule has 0 bridgehead atoms. The lowest BCUT2D eigenvalue weighted by molar-refractivity contribution is -0.132. The molecule has 2 saturated heterocycles. The Morgan fingerprint density at radius 3 is 2.38 bits per heavy atom. The van der Waals surface area contributed by atoms with Crippen LogP contribution in [0.4, 0.5) is 0 Å². The van der Waals surface area contributed by atoms with E-state index in [1.165, 1.54) is 5.56 Å². The van der Waals surface area contributed by atoms with E-state index in [0.717, 1.165) is 45.6 Å². The highest BCUT2D eigenvalue weighted by Crippen LogP contribution is 2.16. The average molecular weight is 360 g/mol. The number of hydrogen-bond acceptors (Lipinski definition) is 4. The molecule has 5 heteroatoms. The van der Waals surface area contributed by atoms with E-state index in [0.29, 0.717) is 6.04 Å². The quantitative estimate of drug-likeness (QED) is 0.876. The van der Waals surface area contributed by atoms with E-state index in [1.807, 2.05) is 6.92 Å². The summed E-state index contributed by atoms with van der Waals surface area (Å²) in [5.41, 5.74) is 1.36. The van der Waals surface area contributed by atoms with Crippen molar-refractivity contribution in [1.82, 2.24) is 15.1 Å². The minimum atomic E-state index is -0.0915. The number of hydrogen-bond donors (Lipinski definition) is 1. The van der Waals surface area contributed by atoms with Gasteiger partial charge in [0.25, 0.3) is 0 Å². The third-order valence-electron chi connectivity index (χ3n) is 5.56. The Bertz CT molecular complexity index is 562. The largest absolute Gasteiger partial charge is 0.373 e. The number of carbonyl (C=O) groups is 1. The van der Waals surface area contributed by atoms with Crippen LogP contribution in [0.5, 0.6) is 0 Å². The van der Waals surface area contributed by atoms with Crippen LogP contribution in [-0.4, -0.2) is 66.2 Å². The molecule has 0 saturated carbocycles. The van der Waals surface area contributed by atoms with Crippen molar-refractivity contribution in [3.05, 3.63) is 35.9 Å². The van der Waals surface area contributed by atoms with Crippen molar-refractivity contribution in [1.29, 1.82) is 0 Å². The SMILES string of the molecule is CC1CN(C(C)C(=O)NC2CCN(Cc3ccccc3)CC2)CC(C)O1. The third kappa shape index (κ3) is 5.29. The van der Waals surface area contributed by atoms with Crippen LogP contribution in [0.25, 0.3) is 0 Å². The fraction of sp³-hybridized carbons (Fsp3) is 0.667. The van der Waals surface area contributed by atoms with Crippen LogP contribution in [-0.2, 0) is 16.1 Å². The maximum absolute atomic E-state index is 12.7. The van der Waals surface area contributed by atoms with E-state index in [2.05, 4.69) is 59.3 Å². The predicted octanol–water partition coefficient (Wildman–Crippen LogP) is 2.26. The lowest BCUT2D eigenvalue weighted by Gasteiger charge is -2.39. The van der Waals surface area contributed by atoms with Gasteiger partial charge in [-0.05, 0) is 39.2 Å². The van der Waals surface area contributed by atoms with Gasteiger partial charge in [0, 0.05) is 38.8 Å². The maximum atomic E-state index is 12.7. The number of piperidine rings is 1. The molecule has 144 valence electrons. The van der Waals surface area contributed by atoms with E-state index in [9.17, 15) is 4.79 Å². The first kappa shape index (κ1) is 19.3. The van der Waals surface area contributed by atoms with Crippen LogP contribution < -0.4 is 5.32 Å². The van der Waals surface area contributed by atoms with Crippen molar-refractivity contribution in [3.8, 4) is 0 Å². The Morgan fingerprint density at radius 2 is 1.77 bits per heavy atom. The van der Waals surface area contributed by atoms with E-state index in [-0.39, 0.29) is 24.2 Å². The zero-order chi connectivity index (χ0) is 18.5. The molecule has 3 atom stereocenters. The van der Waals surface area contributed by atoms with Crippen molar-refractivity contribution in [2.45, 2.75) is 64.4 Å². The summed E-state index contributed by atoms with van der Waals surface area (Å²) in [7, 11) is 0. The first-order valence-corrected chi connectivity index (χ1v) is 9.97. The first-order chi connectivity index (χ1) is 12.5. The van der Waals surface area contributed by atoms with Gasteiger partial charge < -0.3 is 10.1 Å². The number of ether oxygens (including phenoxy) is 1. The van der Waals surface area contributed by atoms with Gasteiger partial charge in [-0.15, -0.1) is 0 Å². The highest BCUT2D eigenvalue weighted by atomic mass is 16.5. The van der Waals surface area contributed by atoms with Crippen LogP contribution >= 0.6 is 0 Å². The fourth-order valence-corrected chi connectivity index (χ4v) is 4.10. The zero-order valence-electron chi connectivity index (χ0n) is 16.4. The lowest BCUT2D eigenvalue weighted by atomic mass is 10.0. The molecule has 2 fully saturated rings. The lowest BCUT2D eigenvalue weighted by Crippen LogP contribution is -2.56. The Morgan fingerprint density at radius 1 is 1.15 bits per heavy atom. The van der Waals surface area contributed by atoms with Gasteiger partial charge >= 0.3 is 0 Å². The summed E-state index contributed by atoms with van der Waals surface area (Å²) in [5.74, 6) is 0.160. The van der Waals surface area contributed by atoms with Gasteiger partial charge in [0.15, 0.2) is 0 Å². The van der Waals surface area contributed by atoms with Gasteiger partial charge in [-0.1, -0.05) is 30.3 Å². The molecule has 3 rings (SSSR count). The van der Waals surface area contributed by atoms with Crippen LogP contribution in [0.15, 0.2) is 30.3 Å². The molecule has 0 aromatic heterocycles. The summed E-state index contributed by atoms with van der Waals surface area (Å²) in [5, 5.41) is 3.28. The van der Waals surface area contributed by atoms with E-state index < -0.39 is 0 Å². The van der Waals surface area contributed by atoms with E-state index in [1.54, 1.807) is 0 Å². The molecule has 0 radical (unpaired) electrons. The molecule has 26 heavy (non-hydrogen) atoms. The van der Waals surface area contributed by atoms with Crippen LogP contribution in [0, 0.1) is 0 Å². The number of morpholine rings is 1. The molecular formula is C21H33N3O2. The molecular weight excluding hydrogens is 326 g/mol. The summed E-state index contributed by atoms with van der Waals surface area (Å²) < 4.78 is 5.78. The average Bonchev–Trinajstić information content (AvgIpc) is 2.63. The molecule has 0 aliphatic carbocycles. The van der Waals surface area contributed by atoms with Gasteiger partial charge in [0.1, 0.15) is 0 Å². The monoisotopic (exact) mass is 359 g/mol. The fourth-order valence-electron chi connectivity index (χ4n) is 4.10. The van der Waals surface area contributed by atoms with Crippen molar-refractivity contribution in [2.24, 2.45) is 0 Å². The van der Waals surface area contributed by atoms with Crippen LogP contribution in [0.3, 0.4) is 0 Å². The number of benzene rings is 1. The van der Waals surface area contributed by atoms with Gasteiger partial charge in [-0.25, -0.2) is 0 Å². The topological polar surface area (TPSA) is 44.8 Å². The Balaban J connectivity index is 1.43. The second-order valence-electron chi connectivity index (χ2n) is 7.93. The van der Waals surface area contributed by atoms with Crippen LogP contribution in [0.1, 0.15) is 39.2 Å². The van der Waals surface area contributed by atoms with Crippen molar-refractivity contribution >= 4 is 5.91 Å². The molecule has 0 spiro atoms. The van der Waals surface area contributed by atoms with Crippen molar-refractivity contribution in [2.75, 3.05) is 26.2 Å². The predicted molar refractivity (Wildman–Crippen MR) is 104 cm³/mol. The molecule has 1 aromatic rings. The minimum Gasteiger partial charge on any atom is -0.373 e. The number of nitrogens with one attached hydrogen (secondary N) is 1. The summed E-state index contributed by atoms with van der Waals surface area (Å²) in [4.78, 5) is 17.4. The normalized spacial score (nSPS) is 27.2. The standard InChI is InChI=1S/C21H33N3O2/c1-16-13-24(14-17(2)26-16)18(3)21(25)22-20-9-11-23(12-10-20)15-19-7-5-4-6-8-19/h4-8,16-18,20H,9-15H2,1-3H3,(H,22,25). The van der Waals surface area contributed by atoms with Crippen molar-refractivity contribution in [3.63, 3.8) is 0 Å². The minimum absolute atomic E-state index is 0.0915. The zero-order valence-corrected chi connectivity index (χ0v) is 16.4. The molecule has 1 N–H and O–H groups in total. The Hall–Kier alpha value is -1.43. The Kier molecular flexibility index (Phi) is 6.68. The smallest absolute Gasteiger partial charge is 0.237 e. The summed E-state index contributed by atoms with van der Waals surface area (Å²) in [6.45, 7) is 10.9. The molecule has 3 unspecified atom stereocenters. The molecule has 1 aromatic carbocycles. The summed E-state index contributed by atoms with van der Waals surface area (Å²) in [6, 6.07) is 10.8. The van der Waals surface area contributed by atoms with Gasteiger partial charge in [-0.3, -0.25) is 14.6 Å². The first-order valence-electron chi connectivity index (χ1n) is 9.97. The third-order valence-corrected chi connectivity index (χ3v) is 5.56. The number of likely N-dealkylation sites (tertiary alicyclic amines) is 1. The van der Waals surface area contributed by atoms with Crippen molar-refractivity contribution < 1.29 is 9.53 Å². The number of rotatable bonds is 5. The van der Waals surface area contributed by atoms with Gasteiger partial charge in [0.2, 0.25) is 5.91 Å². The summed E-state index contributed by atoms with van der Waals surface area (Å²) >= 11 is 0. The molecule has 2 aliphatic heterocycles. The maximum Gasteiger partial charge on any atom is 0.237 e. The second kappa shape index (κ2) is 8.98. The van der Waals surface area contributed by atoms with E-state index in [4.69, 9.17) is 4.74 Å². The molecule has 2 heterocycles. The number of carbonyl (C=O) groups excluding carboxylic acids is 1. The van der Waals surface area contributed by atoms with Gasteiger partial charge in [0.05, 0.1) is 18.2 Å². The second-order valence-corrected chi connectivity index (χ2v) is 7.93.